The van der Waals surface area contributed by atoms with E-state index in [4.69, 9.17) is 27.6 Å². The first kappa shape index (κ1) is 19.5. The van der Waals surface area contributed by atoms with Crippen molar-refractivity contribution >= 4 is 39.6 Å². The second-order valence-corrected chi connectivity index (χ2v) is 7.58. The Morgan fingerprint density at radius 2 is 2.15 bits per heavy atom. The number of halogens is 1. The minimum atomic E-state index is -1.02. The molecule has 0 unspecified atom stereocenters. The van der Waals surface area contributed by atoms with Gasteiger partial charge in [0.15, 0.2) is 0 Å². The topological polar surface area (TPSA) is 63.4 Å². The van der Waals surface area contributed by atoms with Crippen molar-refractivity contribution in [3.05, 3.63) is 50.1 Å². The largest absolute Gasteiger partial charge is 0.495 e. The van der Waals surface area contributed by atoms with Crippen molar-refractivity contribution in [2.45, 2.75) is 13.3 Å². The molecule has 2 aromatic rings. The lowest BCUT2D eigenvalue weighted by Gasteiger charge is -2.28. The van der Waals surface area contributed by atoms with Crippen molar-refractivity contribution in [2.75, 3.05) is 38.3 Å². The molecule has 0 radical (unpaired) electrons. The van der Waals surface area contributed by atoms with Gasteiger partial charge in [0.1, 0.15) is 10.6 Å². The highest BCUT2D eigenvalue weighted by Crippen LogP contribution is 2.45. The van der Waals surface area contributed by atoms with E-state index >= 15 is 0 Å². The summed E-state index contributed by atoms with van der Waals surface area (Å²) in [5, 5.41) is 10.9. The second-order valence-electron chi connectivity index (χ2n) is 6.17. The SMILES string of the molecule is [C-]#[N+]c1c(N2CCOCC2)sc(C(=O)O)c1Cc1cc(OC)c(Cl)cc1C. The molecule has 0 aliphatic carbocycles. The monoisotopic (exact) mass is 406 g/mol. The summed E-state index contributed by atoms with van der Waals surface area (Å²) >= 11 is 7.33. The predicted molar refractivity (Wildman–Crippen MR) is 106 cm³/mol. The summed E-state index contributed by atoms with van der Waals surface area (Å²) in [6.07, 6.45) is 0.333. The third-order valence-corrected chi connectivity index (χ3v) is 6.11. The number of carbonyl (C=O) groups is 1. The fourth-order valence-electron chi connectivity index (χ4n) is 3.11. The van der Waals surface area contributed by atoms with Crippen molar-refractivity contribution in [2.24, 2.45) is 0 Å². The normalized spacial score (nSPS) is 14.1. The van der Waals surface area contributed by atoms with Crippen LogP contribution in [0.4, 0.5) is 10.7 Å². The molecule has 2 heterocycles. The molecule has 0 amide bonds. The molecular formula is C19H19ClN2O4S. The van der Waals surface area contributed by atoms with E-state index in [-0.39, 0.29) is 4.88 Å². The average molecular weight is 407 g/mol. The number of methoxy groups -OCH3 is 1. The molecule has 8 heteroatoms. The van der Waals surface area contributed by atoms with Crippen LogP contribution in [0, 0.1) is 13.5 Å². The van der Waals surface area contributed by atoms with Gasteiger partial charge in [0.2, 0.25) is 5.69 Å². The minimum Gasteiger partial charge on any atom is -0.495 e. The minimum absolute atomic E-state index is 0.204. The van der Waals surface area contributed by atoms with E-state index in [1.165, 1.54) is 7.11 Å². The first-order chi connectivity index (χ1) is 13.0. The number of aromatic carboxylic acids is 1. The van der Waals surface area contributed by atoms with Crippen LogP contribution in [-0.2, 0) is 11.2 Å². The molecule has 0 spiro atoms. The average Bonchev–Trinajstić information content (AvgIpc) is 3.03. The maximum absolute atomic E-state index is 11.9. The summed E-state index contributed by atoms with van der Waals surface area (Å²) in [7, 11) is 1.54. The Morgan fingerprint density at radius 3 is 2.74 bits per heavy atom. The summed E-state index contributed by atoms with van der Waals surface area (Å²) in [4.78, 5) is 17.8. The van der Waals surface area contributed by atoms with E-state index in [0.717, 1.165) is 22.5 Å². The van der Waals surface area contributed by atoms with Crippen LogP contribution in [0.15, 0.2) is 12.1 Å². The highest BCUT2D eigenvalue weighted by atomic mass is 35.5. The zero-order valence-electron chi connectivity index (χ0n) is 15.0. The maximum Gasteiger partial charge on any atom is 0.344 e. The molecule has 1 fully saturated rings. The summed E-state index contributed by atoms with van der Waals surface area (Å²) in [6.45, 7) is 12.0. The Bertz CT molecular complexity index is 913. The summed E-state index contributed by atoms with van der Waals surface area (Å²) in [6, 6.07) is 3.60. The van der Waals surface area contributed by atoms with Gasteiger partial charge in [-0.2, -0.15) is 0 Å². The standard InChI is InChI=1S/C19H19ClN2O4S/c1-11-8-14(20)15(25-3)10-12(11)9-13-16(21-2)18(27-17(13)19(23)24)22-4-6-26-7-5-22/h8,10H,4-7,9H2,1,3H3,(H,23,24). The number of nitrogens with zero attached hydrogens (tertiary/aromatic N) is 2. The second kappa shape index (κ2) is 8.17. The van der Waals surface area contributed by atoms with Crippen LogP contribution in [0.1, 0.15) is 26.4 Å². The Morgan fingerprint density at radius 1 is 1.44 bits per heavy atom. The lowest BCUT2D eigenvalue weighted by molar-refractivity contribution is 0.0701. The Balaban J connectivity index is 2.08. The molecular weight excluding hydrogens is 388 g/mol. The summed E-state index contributed by atoms with van der Waals surface area (Å²) < 4.78 is 10.7. The number of carboxylic acid groups (broad SMARTS) is 1. The zero-order valence-corrected chi connectivity index (χ0v) is 16.6. The number of anilines is 1. The van der Waals surface area contributed by atoms with Gasteiger partial charge in [0, 0.05) is 13.1 Å². The number of aryl methyl sites for hydroxylation is 1. The quantitative estimate of drug-likeness (QED) is 0.746. The number of thiophene rings is 1. The highest BCUT2D eigenvalue weighted by Gasteiger charge is 2.27. The van der Waals surface area contributed by atoms with Gasteiger partial charge in [0.05, 0.1) is 36.9 Å². The smallest absolute Gasteiger partial charge is 0.344 e. The van der Waals surface area contributed by atoms with Crippen molar-refractivity contribution in [3.8, 4) is 5.75 Å². The molecule has 1 aromatic carbocycles. The fourth-order valence-corrected chi connectivity index (χ4v) is 4.55. The number of hydrogen-bond donors (Lipinski definition) is 1. The van der Waals surface area contributed by atoms with Gasteiger partial charge in [-0.3, -0.25) is 0 Å². The van der Waals surface area contributed by atoms with Gasteiger partial charge in [-0.15, -0.1) is 11.3 Å². The Labute approximate surface area is 166 Å². The molecule has 27 heavy (non-hydrogen) atoms. The molecule has 1 aromatic heterocycles. The lowest BCUT2D eigenvalue weighted by atomic mass is 9.99. The van der Waals surface area contributed by atoms with Crippen molar-refractivity contribution in [1.82, 2.24) is 0 Å². The van der Waals surface area contributed by atoms with Gasteiger partial charge in [-0.25, -0.2) is 9.64 Å². The molecule has 1 saturated heterocycles. The van der Waals surface area contributed by atoms with Gasteiger partial charge >= 0.3 is 5.97 Å². The fraction of sp³-hybridized carbons (Fsp3) is 0.368. The molecule has 1 aliphatic rings. The van der Waals surface area contributed by atoms with Crippen LogP contribution < -0.4 is 9.64 Å². The van der Waals surface area contributed by atoms with Crippen molar-refractivity contribution in [3.63, 3.8) is 0 Å². The van der Waals surface area contributed by atoms with E-state index in [1.54, 1.807) is 6.07 Å². The molecule has 0 atom stereocenters. The van der Waals surface area contributed by atoms with Crippen LogP contribution in [0.25, 0.3) is 4.85 Å². The van der Waals surface area contributed by atoms with Gasteiger partial charge < -0.3 is 19.5 Å². The van der Waals surface area contributed by atoms with Crippen LogP contribution in [0.2, 0.25) is 5.02 Å². The molecule has 1 N–H and O–H groups in total. The van der Waals surface area contributed by atoms with E-state index < -0.39 is 5.97 Å². The Hall–Kier alpha value is -2.27. The van der Waals surface area contributed by atoms with Crippen LogP contribution in [0.5, 0.6) is 5.75 Å². The van der Waals surface area contributed by atoms with Crippen LogP contribution >= 0.6 is 22.9 Å². The van der Waals surface area contributed by atoms with Gasteiger partial charge in [0.25, 0.3) is 0 Å². The molecule has 0 saturated carbocycles. The molecule has 6 nitrogen and oxygen atoms in total. The predicted octanol–water partition coefficient (Wildman–Crippen LogP) is 4.39. The number of benzene rings is 1. The third-order valence-electron chi connectivity index (χ3n) is 4.54. The van der Waals surface area contributed by atoms with E-state index in [2.05, 4.69) is 4.85 Å². The molecule has 0 bridgehead atoms. The number of rotatable bonds is 5. The zero-order chi connectivity index (χ0) is 19.6. The van der Waals surface area contributed by atoms with Gasteiger partial charge in [-0.1, -0.05) is 11.6 Å². The molecule has 3 rings (SSSR count). The first-order valence-electron chi connectivity index (χ1n) is 8.38. The van der Waals surface area contributed by atoms with Crippen molar-refractivity contribution < 1.29 is 19.4 Å². The summed E-state index contributed by atoms with van der Waals surface area (Å²) in [5.74, 6) is -0.486. The van der Waals surface area contributed by atoms with Crippen LogP contribution in [0.3, 0.4) is 0 Å². The maximum atomic E-state index is 11.9. The first-order valence-corrected chi connectivity index (χ1v) is 9.57. The highest BCUT2D eigenvalue weighted by molar-refractivity contribution is 7.18. The number of morpholine rings is 1. The van der Waals surface area contributed by atoms with E-state index in [9.17, 15) is 9.90 Å². The molecule has 142 valence electrons. The number of hydrogen-bond acceptors (Lipinski definition) is 5. The number of carboxylic acids is 1. The van der Waals surface area contributed by atoms with Gasteiger partial charge in [-0.05, 0) is 42.2 Å². The lowest BCUT2D eigenvalue weighted by Crippen LogP contribution is -2.35. The van der Waals surface area contributed by atoms with E-state index in [1.807, 2.05) is 17.9 Å². The van der Waals surface area contributed by atoms with Crippen LogP contribution in [-0.4, -0.2) is 44.5 Å². The van der Waals surface area contributed by atoms with Crippen molar-refractivity contribution in [1.29, 1.82) is 0 Å². The Kier molecular flexibility index (Phi) is 5.90. The third kappa shape index (κ3) is 3.88. The molecule has 1 aliphatic heterocycles. The summed E-state index contributed by atoms with van der Waals surface area (Å²) in [5.41, 5.74) is 2.76. The van der Waals surface area contributed by atoms with E-state index in [0.29, 0.717) is 59.7 Å². The number of ether oxygens (including phenoxy) is 2.